The maximum atomic E-state index is 4.67. The van der Waals surface area contributed by atoms with Gasteiger partial charge in [-0.2, -0.15) is 0 Å². The molecule has 2 aromatic rings. The van der Waals surface area contributed by atoms with Crippen molar-refractivity contribution in [2.24, 2.45) is 0 Å². The first kappa shape index (κ1) is 15.4. The molecule has 0 aromatic carbocycles. The Hall–Kier alpha value is -0.980. The molecule has 6 heteroatoms. The summed E-state index contributed by atoms with van der Waals surface area (Å²) in [5.74, 6) is 0. The normalized spacial score (nSPS) is 11.8. The predicted molar refractivity (Wildman–Crippen MR) is 87.7 cm³/mol. The van der Waals surface area contributed by atoms with E-state index in [1.807, 2.05) is 6.92 Å². The van der Waals surface area contributed by atoms with Gasteiger partial charge in [0.25, 0.3) is 0 Å². The molecule has 0 spiro atoms. The SMILES string of the molecule is Cc1nc(CN(C)c2nc(CNC(C)(C)C)cs2)cs1. The number of nitrogens with one attached hydrogen (secondary N) is 1. The summed E-state index contributed by atoms with van der Waals surface area (Å²) in [6.07, 6.45) is 0. The van der Waals surface area contributed by atoms with E-state index in [0.717, 1.165) is 34.6 Å². The van der Waals surface area contributed by atoms with Gasteiger partial charge in [-0.25, -0.2) is 9.97 Å². The number of rotatable bonds is 5. The Morgan fingerprint density at radius 2 is 1.85 bits per heavy atom. The smallest absolute Gasteiger partial charge is 0.185 e. The molecule has 4 nitrogen and oxygen atoms in total. The van der Waals surface area contributed by atoms with Gasteiger partial charge < -0.3 is 10.2 Å². The van der Waals surface area contributed by atoms with Crippen molar-refractivity contribution in [3.63, 3.8) is 0 Å². The third kappa shape index (κ3) is 4.54. The maximum absolute atomic E-state index is 4.67. The molecule has 0 aliphatic rings. The highest BCUT2D eigenvalue weighted by Gasteiger charge is 2.12. The lowest BCUT2D eigenvalue weighted by molar-refractivity contribution is 0.422. The van der Waals surface area contributed by atoms with Crippen molar-refractivity contribution in [2.75, 3.05) is 11.9 Å². The van der Waals surface area contributed by atoms with Gasteiger partial charge in [0, 0.05) is 29.9 Å². The van der Waals surface area contributed by atoms with Crippen molar-refractivity contribution < 1.29 is 0 Å². The van der Waals surface area contributed by atoms with Gasteiger partial charge in [0.05, 0.1) is 22.9 Å². The van der Waals surface area contributed by atoms with Crippen molar-refractivity contribution in [3.05, 3.63) is 27.2 Å². The average molecular weight is 310 g/mol. The maximum Gasteiger partial charge on any atom is 0.185 e. The van der Waals surface area contributed by atoms with Crippen molar-refractivity contribution in [1.82, 2.24) is 15.3 Å². The lowest BCUT2D eigenvalue weighted by Crippen LogP contribution is -2.35. The van der Waals surface area contributed by atoms with Crippen LogP contribution in [0.25, 0.3) is 0 Å². The summed E-state index contributed by atoms with van der Waals surface area (Å²) in [4.78, 5) is 11.3. The Morgan fingerprint density at radius 3 is 2.45 bits per heavy atom. The first-order chi connectivity index (χ1) is 9.33. The Bertz CT molecular complexity index is 554. The van der Waals surface area contributed by atoms with Gasteiger partial charge in [0.15, 0.2) is 5.13 Å². The van der Waals surface area contributed by atoms with E-state index < -0.39 is 0 Å². The van der Waals surface area contributed by atoms with Crippen LogP contribution < -0.4 is 10.2 Å². The number of aryl methyl sites for hydroxylation is 1. The van der Waals surface area contributed by atoms with E-state index in [0.29, 0.717) is 0 Å². The van der Waals surface area contributed by atoms with Crippen LogP contribution in [0.3, 0.4) is 0 Å². The highest BCUT2D eigenvalue weighted by atomic mass is 32.1. The number of thiazole rings is 2. The number of aromatic nitrogens is 2. The van der Waals surface area contributed by atoms with E-state index in [1.54, 1.807) is 22.7 Å². The molecule has 2 heterocycles. The van der Waals surface area contributed by atoms with E-state index in [4.69, 9.17) is 0 Å². The number of nitrogens with zero attached hydrogens (tertiary/aromatic N) is 3. The monoisotopic (exact) mass is 310 g/mol. The molecule has 2 rings (SSSR count). The first-order valence-corrected chi connectivity index (χ1v) is 8.41. The van der Waals surface area contributed by atoms with Crippen LogP contribution in [-0.4, -0.2) is 22.6 Å². The first-order valence-electron chi connectivity index (χ1n) is 6.65. The van der Waals surface area contributed by atoms with Gasteiger partial charge in [-0.15, -0.1) is 22.7 Å². The fourth-order valence-corrected chi connectivity index (χ4v) is 3.10. The zero-order chi connectivity index (χ0) is 14.8. The minimum absolute atomic E-state index is 0.119. The van der Waals surface area contributed by atoms with E-state index in [1.165, 1.54) is 0 Å². The van der Waals surface area contributed by atoms with Crippen LogP contribution >= 0.6 is 22.7 Å². The van der Waals surface area contributed by atoms with Crippen molar-refractivity contribution in [2.45, 2.75) is 46.3 Å². The minimum atomic E-state index is 0.119. The Kier molecular flexibility index (Phi) is 4.78. The molecule has 0 saturated carbocycles. The van der Waals surface area contributed by atoms with Crippen LogP contribution in [-0.2, 0) is 13.1 Å². The molecule has 0 saturated heterocycles. The molecule has 0 bridgehead atoms. The standard InChI is InChI=1S/C14H22N4S2/c1-10-16-12(9-19-10)7-18(5)13-17-11(8-20-13)6-15-14(2,3)4/h8-9,15H,6-7H2,1-5H3. The van der Waals surface area contributed by atoms with Crippen LogP contribution in [0.1, 0.15) is 37.2 Å². The summed E-state index contributed by atoms with van der Waals surface area (Å²) >= 11 is 3.38. The Morgan fingerprint density at radius 1 is 1.15 bits per heavy atom. The number of hydrogen-bond donors (Lipinski definition) is 1. The van der Waals surface area contributed by atoms with Crippen molar-refractivity contribution in [3.8, 4) is 0 Å². The molecule has 0 radical (unpaired) electrons. The third-order valence-corrected chi connectivity index (χ3v) is 4.56. The number of anilines is 1. The molecule has 0 fully saturated rings. The quantitative estimate of drug-likeness (QED) is 0.918. The van der Waals surface area contributed by atoms with Crippen LogP contribution in [0.4, 0.5) is 5.13 Å². The van der Waals surface area contributed by atoms with Gasteiger partial charge >= 0.3 is 0 Å². The summed E-state index contributed by atoms with van der Waals surface area (Å²) in [6.45, 7) is 10.1. The van der Waals surface area contributed by atoms with Gasteiger partial charge in [0.2, 0.25) is 0 Å². The highest BCUT2D eigenvalue weighted by Crippen LogP contribution is 2.21. The summed E-state index contributed by atoms with van der Waals surface area (Å²) in [5.41, 5.74) is 2.33. The van der Waals surface area contributed by atoms with Crippen LogP contribution in [0.2, 0.25) is 0 Å². The van der Waals surface area contributed by atoms with Crippen molar-refractivity contribution in [1.29, 1.82) is 0 Å². The van der Waals surface area contributed by atoms with Crippen LogP contribution in [0.15, 0.2) is 10.8 Å². The molecule has 110 valence electrons. The fourth-order valence-electron chi connectivity index (χ4n) is 1.70. The molecule has 0 unspecified atom stereocenters. The Balaban J connectivity index is 1.94. The highest BCUT2D eigenvalue weighted by molar-refractivity contribution is 7.13. The minimum Gasteiger partial charge on any atom is -0.345 e. The second-order valence-corrected chi connectivity index (χ2v) is 7.84. The molecule has 0 atom stereocenters. The van der Waals surface area contributed by atoms with Gasteiger partial charge in [0.1, 0.15) is 0 Å². The molecule has 0 aliphatic heterocycles. The second-order valence-electron chi connectivity index (χ2n) is 5.94. The lowest BCUT2D eigenvalue weighted by Gasteiger charge is -2.19. The summed E-state index contributed by atoms with van der Waals surface area (Å²) in [7, 11) is 2.06. The van der Waals surface area contributed by atoms with E-state index in [9.17, 15) is 0 Å². The fraction of sp³-hybridized carbons (Fsp3) is 0.571. The second kappa shape index (κ2) is 6.20. The lowest BCUT2D eigenvalue weighted by atomic mass is 10.1. The zero-order valence-corrected chi connectivity index (χ0v) is 14.4. The van der Waals surface area contributed by atoms with E-state index in [2.05, 4.69) is 58.8 Å². The molecule has 0 amide bonds. The molecule has 2 aromatic heterocycles. The molecule has 20 heavy (non-hydrogen) atoms. The summed E-state index contributed by atoms with van der Waals surface area (Å²) < 4.78 is 0. The van der Waals surface area contributed by atoms with Gasteiger partial charge in [-0.1, -0.05) is 0 Å². The van der Waals surface area contributed by atoms with E-state index >= 15 is 0 Å². The van der Waals surface area contributed by atoms with Crippen LogP contribution in [0.5, 0.6) is 0 Å². The van der Waals surface area contributed by atoms with Crippen LogP contribution in [0, 0.1) is 6.92 Å². The average Bonchev–Trinajstić information content (AvgIpc) is 2.95. The summed E-state index contributed by atoms with van der Waals surface area (Å²) in [6, 6.07) is 0. The predicted octanol–water partition coefficient (Wildman–Crippen LogP) is 3.43. The number of hydrogen-bond acceptors (Lipinski definition) is 6. The molecule has 0 aliphatic carbocycles. The summed E-state index contributed by atoms with van der Waals surface area (Å²) in [5, 5.41) is 9.85. The third-order valence-electron chi connectivity index (χ3n) is 2.73. The molecule has 1 N–H and O–H groups in total. The van der Waals surface area contributed by atoms with E-state index in [-0.39, 0.29) is 5.54 Å². The molecular weight excluding hydrogens is 288 g/mol. The Labute approximate surface area is 128 Å². The topological polar surface area (TPSA) is 41.1 Å². The largest absolute Gasteiger partial charge is 0.345 e. The van der Waals surface area contributed by atoms with Crippen molar-refractivity contribution >= 4 is 27.8 Å². The molecular formula is C14H22N4S2. The van der Waals surface area contributed by atoms with Gasteiger partial charge in [-0.3, -0.25) is 0 Å². The van der Waals surface area contributed by atoms with Gasteiger partial charge in [-0.05, 0) is 27.7 Å². The zero-order valence-electron chi connectivity index (χ0n) is 12.7.